The lowest BCUT2D eigenvalue weighted by Gasteiger charge is -2.33. The number of carbonyl (C=O) groups is 1. The van der Waals surface area contributed by atoms with Gasteiger partial charge in [0.25, 0.3) is 0 Å². The van der Waals surface area contributed by atoms with E-state index in [0.717, 1.165) is 43.2 Å². The number of nitrogens with zero attached hydrogens (tertiary/aromatic N) is 4. The highest BCUT2D eigenvalue weighted by Crippen LogP contribution is 2.35. The Morgan fingerprint density at radius 1 is 1.31 bits per heavy atom. The van der Waals surface area contributed by atoms with Crippen molar-refractivity contribution >= 4 is 5.91 Å². The van der Waals surface area contributed by atoms with Gasteiger partial charge in [0.05, 0.1) is 24.6 Å². The van der Waals surface area contributed by atoms with E-state index in [-0.39, 0.29) is 35.8 Å². The molecule has 0 bridgehead atoms. The highest BCUT2D eigenvalue weighted by molar-refractivity contribution is 5.80. The van der Waals surface area contributed by atoms with Gasteiger partial charge in [0, 0.05) is 67.1 Å². The van der Waals surface area contributed by atoms with Gasteiger partial charge in [-0.15, -0.1) is 0 Å². The van der Waals surface area contributed by atoms with Crippen LogP contribution in [0, 0.1) is 5.92 Å². The third kappa shape index (κ3) is 6.16. The Labute approximate surface area is 205 Å². The Hall–Kier alpha value is -2.59. The van der Waals surface area contributed by atoms with Gasteiger partial charge in [0.1, 0.15) is 5.75 Å². The van der Waals surface area contributed by atoms with Gasteiger partial charge in [-0.05, 0) is 46.6 Å². The van der Waals surface area contributed by atoms with E-state index in [4.69, 9.17) is 9.84 Å². The molecule has 3 atom stereocenters. The summed E-state index contributed by atoms with van der Waals surface area (Å²) in [6.45, 7) is 8.57. The zero-order valence-corrected chi connectivity index (χ0v) is 20.8. The monoisotopic (exact) mass is 491 g/mol. The van der Waals surface area contributed by atoms with E-state index in [1.807, 2.05) is 25.5 Å². The first-order valence-corrected chi connectivity index (χ1v) is 12.4. The smallest absolute Gasteiger partial charge is 0.387 e. The Morgan fingerprint density at radius 2 is 2.11 bits per heavy atom. The summed E-state index contributed by atoms with van der Waals surface area (Å²) in [6, 6.07) is 1.68. The average Bonchev–Trinajstić information content (AvgIpc) is 3.18. The lowest BCUT2D eigenvalue weighted by atomic mass is 9.85. The first-order chi connectivity index (χ1) is 16.7. The summed E-state index contributed by atoms with van der Waals surface area (Å²) in [5.41, 5.74) is 3.43. The number of halogens is 2. The number of rotatable bonds is 8. The average molecular weight is 492 g/mol. The quantitative estimate of drug-likeness (QED) is 0.609. The van der Waals surface area contributed by atoms with E-state index in [9.17, 15) is 13.6 Å². The largest absolute Gasteiger partial charge is 0.433 e. The number of fused-ring (bicyclic) bond motifs is 1. The predicted molar refractivity (Wildman–Crippen MR) is 127 cm³/mol. The van der Waals surface area contributed by atoms with E-state index in [0.29, 0.717) is 24.8 Å². The molecule has 10 heteroatoms. The standard InChI is InChI=1S/C25H35F2N5O3/c1-15(2)32-22-10-18(24(33)29-16(3)13-31-7-8-34-17(4)14-31)5-6-21(22)23(30-32)19-9-20(12-28-11-19)35-25(26)27/h9,11-12,15-18,25H,5-8,10,13-14H2,1-4H3,(H,29,33)/t16-,17+,18+/m0/s1. The van der Waals surface area contributed by atoms with Crippen LogP contribution in [-0.4, -0.2) is 70.6 Å². The van der Waals surface area contributed by atoms with Gasteiger partial charge in [0.2, 0.25) is 5.91 Å². The minimum Gasteiger partial charge on any atom is -0.433 e. The second kappa shape index (κ2) is 11.0. The van der Waals surface area contributed by atoms with Crippen LogP contribution >= 0.6 is 0 Å². The number of alkyl halides is 2. The maximum Gasteiger partial charge on any atom is 0.387 e. The van der Waals surface area contributed by atoms with Crippen LogP contribution in [0.3, 0.4) is 0 Å². The Kier molecular flexibility index (Phi) is 8.01. The second-order valence-corrected chi connectivity index (χ2v) is 9.89. The fraction of sp³-hybridized carbons (Fsp3) is 0.640. The van der Waals surface area contributed by atoms with Crippen molar-refractivity contribution in [3.63, 3.8) is 0 Å². The van der Waals surface area contributed by atoms with Gasteiger partial charge in [0.15, 0.2) is 0 Å². The van der Waals surface area contributed by atoms with Crippen LogP contribution < -0.4 is 10.1 Å². The summed E-state index contributed by atoms with van der Waals surface area (Å²) < 4.78 is 37.4. The molecule has 2 aliphatic rings. The van der Waals surface area contributed by atoms with Crippen LogP contribution in [-0.2, 0) is 22.4 Å². The summed E-state index contributed by atoms with van der Waals surface area (Å²) in [6.07, 6.45) is 5.07. The van der Waals surface area contributed by atoms with Crippen LogP contribution in [0.15, 0.2) is 18.5 Å². The first kappa shape index (κ1) is 25.5. The van der Waals surface area contributed by atoms with E-state index in [1.54, 1.807) is 12.3 Å². The molecule has 0 radical (unpaired) electrons. The van der Waals surface area contributed by atoms with Gasteiger partial charge in [-0.3, -0.25) is 19.4 Å². The van der Waals surface area contributed by atoms with Gasteiger partial charge >= 0.3 is 6.61 Å². The molecule has 35 heavy (non-hydrogen) atoms. The van der Waals surface area contributed by atoms with Gasteiger partial charge in [-0.2, -0.15) is 13.9 Å². The van der Waals surface area contributed by atoms with Crippen molar-refractivity contribution < 1.29 is 23.0 Å². The molecule has 0 spiro atoms. The van der Waals surface area contributed by atoms with Gasteiger partial charge in [-0.1, -0.05) is 0 Å². The maximum atomic E-state index is 13.1. The molecule has 0 saturated carbocycles. The van der Waals surface area contributed by atoms with Crippen LogP contribution in [0.5, 0.6) is 5.75 Å². The molecule has 1 aliphatic heterocycles. The normalized spacial score (nSPS) is 21.7. The van der Waals surface area contributed by atoms with Gasteiger partial charge < -0.3 is 14.8 Å². The second-order valence-electron chi connectivity index (χ2n) is 9.89. The first-order valence-electron chi connectivity index (χ1n) is 12.4. The summed E-state index contributed by atoms with van der Waals surface area (Å²) >= 11 is 0. The van der Waals surface area contributed by atoms with Crippen molar-refractivity contribution in [3.8, 4) is 17.0 Å². The molecule has 3 heterocycles. The number of hydrogen-bond donors (Lipinski definition) is 1. The highest BCUT2D eigenvalue weighted by Gasteiger charge is 2.32. The third-order valence-corrected chi connectivity index (χ3v) is 6.62. The Morgan fingerprint density at radius 3 is 2.83 bits per heavy atom. The number of carbonyl (C=O) groups excluding carboxylic acids is 1. The van der Waals surface area contributed by atoms with Crippen molar-refractivity contribution in [2.75, 3.05) is 26.2 Å². The zero-order chi connectivity index (χ0) is 25.1. The fourth-order valence-electron chi connectivity index (χ4n) is 5.09. The molecule has 192 valence electrons. The van der Waals surface area contributed by atoms with E-state index in [2.05, 4.69) is 26.9 Å². The van der Waals surface area contributed by atoms with Crippen molar-refractivity contribution in [1.29, 1.82) is 0 Å². The molecule has 1 aliphatic carbocycles. The zero-order valence-electron chi connectivity index (χ0n) is 20.8. The molecule has 0 unspecified atom stereocenters. The maximum absolute atomic E-state index is 13.1. The van der Waals surface area contributed by atoms with E-state index < -0.39 is 6.61 Å². The summed E-state index contributed by atoms with van der Waals surface area (Å²) in [5.74, 6) is -0.0687. The number of ether oxygens (including phenoxy) is 2. The van der Waals surface area contributed by atoms with Crippen molar-refractivity contribution in [3.05, 3.63) is 29.7 Å². The molecular formula is C25H35F2N5O3. The topological polar surface area (TPSA) is 81.5 Å². The fourth-order valence-corrected chi connectivity index (χ4v) is 5.09. The van der Waals surface area contributed by atoms with Gasteiger partial charge in [-0.25, -0.2) is 0 Å². The van der Waals surface area contributed by atoms with Crippen molar-refractivity contribution in [1.82, 2.24) is 25.0 Å². The molecular weight excluding hydrogens is 456 g/mol. The number of morpholine rings is 1. The SMILES string of the molecule is CC(C)n1nc(-c2cncc(OC(F)F)c2)c2c1C[C@H](C(=O)N[C@@H](C)CN1CCO[C@H](C)C1)CC2. The number of aromatic nitrogens is 3. The highest BCUT2D eigenvalue weighted by atomic mass is 19.3. The number of hydrogen-bond acceptors (Lipinski definition) is 6. The predicted octanol–water partition coefficient (Wildman–Crippen LogP) is 3.46. The summed E-state index contributed by atoms with van der Waals surface area (Å²) in [7, 11) is 0. The van der Waals surface area contributed by atoms with Crippen molar-refractivity contribution in [2.24, 2.45) is 5.92 Å². The Bertz CT molecular complexity index is 1030. The van der Waals surface area contributed by atoms with Crippen molar-refractivity contribution in [2.45, 2.75) is 71.8 Å². The minimum absolute atomic E-state index is 0.00191. The van der Waals surface area contributed by atoms with Crippen LogP contribution in [0.2, 0.25) is 0 Å². The minimum atomic E-state index is -2.91. The molecule has 1 N–H and O–H groups in total. The van der Waals surface area contributed by atoms with E-state index >= 15 is 0 Å². The Balaban J connectivity index is 1.47. The molecule has 8 nitrogen and oxygen atoms in total. The number of nitrogens with one attached hydrogen (secondary N) is 1. The summed E-state index contributed by atoms with van der Waals surface area (Å²) in [4.78, 5) is 19.5. The van der Waals surface area contributed by atoms with Crippen LogP contribution in [0.4, 0.5) is 8.78 Å². The molecule has 1 fully saturated rings. The lowest BCUT2D eigenvalue weighted by Crippen LogP contribution is -2.49. The number of amides is 1. The molecule has 1 amide bonds. The third-order valence-electron chi connectivity index (χ3n) is 6.62. The summed E-state index contributed by atoms with van der Waals surface area (Å²) in [5, 5.41) is 8.01. The van der Waals surface area contributed by atoms with E-state index in [1.165, 1.54) is 6.20 Å². The molecule has 0 aromatic carbocycles. The molecule has 2 aromatic rings. The molecule has 2 aromatic heterocycles. The van der Waals surface area contributed by atoms with Crippen LogP contribution in [0.1, 0.15) is 51.4 Å². The molecule has 1 saturated heterocycles. The lowest BCUT2D eigenvalue weighted by molar-refractivity contribution is -0.126. The molecule has 4 rings (SSSR count). The number of pyridine rings is 1. The van der Waals surface area contributed by atoms with Crippen LogP contribution in [0.25, 0.3) is 11.3 Å².